The van der Waals surface area contributed by atoms with Gasteiger partial charge in [-0.3, -0.25) is 4.79 Å². The number of nitrogens with zero attached hydrogens (tertiary/aromatic N) is 2. The number of amides is 1. The summed E-state index contributed by atoms with van der Waals surface area (Å²) in [5.74, 6) is 0.314. The van der Waals surface area contributed by atoms with Crippen LogP contribution in [-0.2, 0) is 11.4 Å². The molecule has 0 radical (unpaired) electrons. The summed E-state index contributed by atoms with van der Waals surface area (Å²) in [6, 6.07) is 11.6. The number of halogens is 3. The number of carbonyl (C=O) groups excluding carboxylic acids is 1. The van der Waals surface area contributed by atoms with E-state index < -0.39 is 5.91 Å². The molecule has 6 nitrogen and oxygen atoms in total. The van der Waals surface area contributed by atoms with Gasteiger partial charge in [0.15, 0.2) is 5.75 Å². The van der Waals surface area contributed by atoms with Crippen LogP contribution < -0.4 is 10.1 Å². The predicted molar refractivity (Wildman–Crippen MR) is 116 cm³/mol. The first-order valence-corrected chi connectivity index (χ1v) is 10.2. The second-order valence-corrected chi connectivity index (χ2v) is 7.86. The monoisotopic (exact) mass is 477 g/mol. The van der Waals surface area contributed by atoms with Crippen molar-refractivity contribution in [1.29, 1.82) is 10.5 Å². The molecule has 0 bridgehead atoms. The topological polar surface area (TPSA) is 99.0 Å². The van der Waals surface area contributed by atoms with Crippen LogP contribution in [0.1, 0.15) is 17.1 Å². The number of hydrogen-bond acceptors (Lipinski definition) is 6. The molecule has 0 atom stereocenters. The Kier molecular flexibility index (Phi) is 7.04. The first-order chi connectivity index (χ1) is 14.4. The highest BCUT2D eigenvalue weighted by molar-refractivity contribution is 7.14. The zero-order valence-electron chi connectivity index (χ0n) is 14.9. The molecule has 0 aliphatic heterocycles. The summed E-state index contributed by atoms with van der Waals surface area (Å²) in [7, 11) is 0. The number of ether oxygens (including phenoxy) is 1. The molecule has 0 aliphatic carbocycles. The Balaban J connectivity index is 1.70. The lowest BCUT2D eigenvalue weighted by atomic mass is 10.2. The zero-order valence-corrected chi connectivity index (χ0v) is 18.0. The van der Waals surface area contributed by atoms with Gasteiger partial charge in [0, 0.05) is 11.1 Å². The lowest BCUT2D eigenvalue weighted by Crippen LogP contribution is -2.13. The van der Waals surface area contributed by atoms with E-state index in [4.69, 9.17) is 49.2 Å². The van der Waals surface area contributed by atoms with Crippen molar-refractivity contribution in [2.24, 2.45) is 0 Å². The van der Waals surface area contributed by atoms with Crippen molar-refractivity contribution in [3.05, 3.63) is 73.4 Å². The third-order valence-corrected chi connectivity index (χ3v) is 5.28. The number of benzene rings is 1. The molecule has 0 aliphatic rings. The number of furan rings is 1. The first kappa shape index (κ1) is 21.8. The van der Waals surface area contributed by atoms with Crippen LogP contribution in [0.15, 0.2) is 45.7 Å². The predicted octanol–water partition coefficient (Wildman–Crippen LogP) is 6.30. The minimum Gasteiger partial charge on any atom is -0.483 e. The van der Waals surface area contributed by atoms with Gasteiger partial charge in [-0.1, -0.05) is 34.8 Å². The lowest BCUT2D eigenvalue weighted by Gasteiger charge is -2.08. The molecule has 0 saturated heterocycles. The molecule has 2 heterocycles. The highest BCUT2D eigenvalue weighted by Gasteiger charge is 2.15. The fourth-order valence-electron chi connectivity index (χ4n) is 2.32. The maximum atomic E-state index is 12.3. The average molecular weight is 479 g/mol. The summed E-state index contributed by atoms with van der Waals surface area (Å²) >= 11 is 19.2. The Morgan fingerprint density at radius 2 is 1.93 bits per heavy atom. The fraction of sp³-hybridized carbons (Fsp3) is 0.0500. The van der Waals surface area contributed by atoms with Crippen LogP contribution in [-0.4, -0.2) is 5.91 Å². The van der Waals surface area contributed by atoms with E-state index in [1.54, 1.807) is 23.6 Å². The van der Waals surface area contributed by atoms with Crippen LogP contribution in [0.5, 0.6) is 5.75 Å². The van der Waals surface area contributed by atoms with Gasteiger partial charge in [-0.25, -0.2) is 0 Å². The first-order valence-electron chi connectivity index (χ1n) is 8.18. The van der Waals surface area contributed by atoms with E-state index in [0.717, 1.165) is 0 Å². The number of hydrogen-bond donors (Lipinski definition) is 1. The summed E-state index contributed by atoms with van der Waals surface area (Å²) in [6.07, 6.45) is 1.29. The standard InChI is InChI=1S/C20H10Cl3N3O3S/c21-13-6-16(22)18(17(23)7-13)28-10-15-2-1-14(29-15)5-12(9-25)19(27)26-20-11(8-24)3-4-30-20/h1-7H,10H2,(H,26,27). The molecule has 10 heteroatoms. The maximum absolute atomic E-state index is 12.3. The van der Waals surface area contributed by atoms with Crippen LogP contribution in [0.25, 0.3) is 6.08 Å². The third-order valence-electron chi connectivity index (χ3n) is 3.67. The number of anilines is 1. The molecule has 1 aromatic carbocycles. The molecule has 150 valence electrons. The summed E-state index contributed by atoms with van der Waals surface area (Å²) in [5, 5.41) is 23.8. The number of rotatable bonds is 6. The Morgan fingerprint density at radius 1 is 1.20 bits per heavy atom. The van der Waals surface area contributed by atoms with Crippen molar-refractivity contribution in [3.8, 4) is 17.9 Å². The Hall–Kier alpha value is -2.94. The van der Waals surface area contributed by atoms with Gasteiger partial charge in [-0.2, -0.15) is 10.5 Å². The zero-order chi connectivity index (χ0) is 21.7. The maximum Gasteiger partial charge on any atom is 0.267 e. The molecular weight excluding hydrogens is 469 g/mol. The van der Waals surface area contributed by atoms with Crippen LogP contribution >= 0.6 is 46.1 Å². The number of nitriles is 2. The number of carbonyl (C=O) groups is 1. The van der Waals surface area contributed by atoms with Gasteiger partial charge < -0.3 is 14.5 Å². The van der Waals surface area contributed by atoms with Gasteiger partial charge in [0.1, 0.15) is 40.8 Å². The van der Waals surface area contributed by atoms with E-state index in [0.29, 0.717) is 21.3 Å². The van der Waals surface area contributed by atoms with Crippen molar-refractivity contribution in [2.45, 2.75) is 6.61 Å². The smallest absolute Gasteiger partial charge is 0.267 e. The SMILES string of the molecule is N#CC(=Cc1ccc(COc2c(Cl)cc(Cl)cc2Cl)o1)C(=O)Nc1sccc1C#N. The van der Waals surface area contributed by atoms with E-state index in [1.807, 2.05) is 12.1 Å². The lowest BCUT2D eigenvalue weighted by molar-refractivity contribution is -0.112. The van der Waals surface area contributed by atoms with Gasteiger partial charge >= 0.3 is 0 Å². The van der Waals surface area contributed by atoms with Crippen LogP contribution in [0, 0.1) is 22.7 Å². The van der Waals surface area contributed by atoms with Crippen molar-refractivity contribution < 1.29 is 13.9 Å². The molecule has 1 N–H and O–H groups in total. The molecular formula is C20H10Cl3N3O3S. The molecule has 3 rings (SSSR count). The second kappa shape index (κ2) is 9.71. The normalized spacial score (nSPS) is 10.9. The highest BCUT2D eigenvalue weighted by Crippen LogP contribution is 2.36. The Labute approximate surface area is 190 Å². The van der Waals surface area contributed by atoms with E-state index in [2.05, 4.69) is 5.32 Å². The summed E-state index contributed by atoms with van der Waals surface area (Å²) in [6.45, 7) is 0.0176. The van der Waals surface area contributed by atoms with E-state index in [-0.39, 0.29) is 33.7 Å². The second-order valence-electron chi connectivity index (χ2n) is 5.69. The summed E-state index contributed by atoms with van der Waals surface area (Å²) in [4.78, 5) is 12.3. The van der Waals surface area contributed by atoms with Gasteiger partial charge in [0.2, 0.25) is 0 Å². The molecule has 0 saturated carbocycles. The van der Waals surface area contributed by atoms with Crippen LogP contribution in [0.4, 0.5) is 5.00 Å². The highest BCUT2D eigenvalue weighted by atomic mass is 35.5. The van der Waals surface area contributed by atoms with Crippen molar-refractivity contribution in [3.63, 3.8) is 0 Å². The molecule has 3 aromatic rings. The summed E-state index contributed by atoms with van der Waals surface area (Å²) in [5.41, 5.74) is 0.139. The molecule has 1 amide bonds. The molecule has 30 heavy (non-hydrogen) atoms. The molecule has 2 aromatic heterocycles. The van der Waals surface area contributed by atoms with Crippen molar-refractivity contribution in [2.75, 3.05) is 5.32 Å². The van der Waals surface area contributed by atoms with E-state index in [1.165, 1.54) is 29.5 Å². The minimum atomic E-state index is -0.648. The number of thiophene rings is 1. The fourth-order valence-corrected chi connectivity index (χ4v) is 3.97. The van der Waals surface area contributed by atoms with Gasteiger partial charge in [-0.15, -0.1) is 11.3 Å². The van der Waals surface area contributed by atoms with Crippen molar-refractivity contribution >= 4 is 63.1 Å². The van der Waals surface area contributed by atoms with Crippen molar-refractivity contribution in [1.82, 2.24) is 0 Å². The summed E-state index contributed by atoms with van der Waals surface area (Å²) < 4.78 is 11.2. The van der Waals surface area contributed by atoms with Gasteiger partial charge in [-0.05, 0) is 35.7 Å². The Bertz CT molecular complexity index is 1190. The van der Waals surface area contributed by atoms with E-state index in [9.17, 15) is 10.1 Å². The van der Waals surface area contributed by atoms with Gasteiger partial charge in [0.05, 0.1) is 15.6 Å². The third kappa shape index (κ3) is 5.15. The molecule has 0 unspecified atom stereocenters. The number of nitrogens with one attached hydrogen (secondary N) is 1. The Morgan fingerprint density at radius 3 is 2.60 bits per heavy atom. The van der Waals surface area contributed by atoms with E-state index >= 15 is 0 Å². The molecule has 0 spiro atoms. The van der Waals surface area contributed by atoms with Gasteiger partial charge in [0.25, 0.3) is 5.91 Å². The average Bonchev–Trinajstić information content (AvgIpc) is 3.34. The van der Waals surface area contributed by atoms with Crippen LogP contribution in [0.3, 0.4) is 0 Å². The largest absolute Gasteiger partial charge is 0.483 e. The minimum absolute atomic E-state index is 0.0176. The quantitative estimate of drug-likeness (QED) is 0.331. The van der Waals surface area contributed by atoms with Crippen LogP contribution in [0.2, 0.25) is 15.1 Å². The molecule has 0 fully saturated rings.